The van der Waals surface area contributed by atoms with Crippen molar-refractivity contribution in [3.05, 3.63) is 57.5 Å². The fraction of sp³-hybridized carbons (Fsp3) is 0.350. The van der Waals surface area contributed by atoms with E-state index >= 15 is 0 Å². The Labute approximate surface area is 155 Å². The van der Waals surface area contributed by atoms with Gasteiger partial charge in [-0.25, -0.2) is 4.98 Å². The van der Waals surface area contributed by atoms with Crippen LogP contribution >= 0.6 is 11.3 Å². The largest absolute Gasteiger partial charge is 0.308 e. The number of hydrogen-bond donors (Lipinski definition) is 0. The molecule has 6 heteroatoms. The van der Waals surface area contributed by atoms with Crippen LogP contribution in [0.1, 0.15) is 30.7 Å². The lowest BCUT2D eigenvalue weighted by molar-refractivity contribution is -0.119. The molecule has 1 aromatic carbocycles. The van der Waals surface area contributed by atoms with Gasteiger partial charge in [-0.2, -0.15) is 0 Å². The van der Waals surface area contributed by atoms with Gasteiger partial charge in [0.05, 0.1) is 11.7 Å². The SMILES string of the molecule is CC(C)N(C(=O)Cn1cnc2sc3c(c2c1=O)CCC3)c1ccccc1. The first-order chi connectivity index (χ1) is 12.6. The maximum Gasteiger partial charge on any atom is 0.262 e. The molecule has 26 heavy (non-hydrogen) atoms. The van der Waals surface area contributed by atoms with Crippen LogP contribution < -0.4 is 10.5 Å². The average molecular weight is 367 g/mol. The van der Waals surface area contributed by atoms with Crippen LogP contribution in [0, 0.1) is 0 Å². The summed E-state index contributed by atoms with van der Waals surface area (Å²) in [6.45, 7) is 3.95. The Morgan fingerprint density at radius 3 is 2.77 bits per heavy atom. The van der Waals surface area contributed by atoms with Gasteiger partial charge in [0.15, 0.2) is 0 Å². The van der Waals surface area contributed by atoms with Crippen LogP contribution in [-0.2, 0) is 24.2 Å². The Bertz CT molecular complexity index is 1020. The molecule has 3 aromatic rings. The van der Waals surface area contributed by atoms with E-state index < -0.39 is 0 Å². The molecule has 5 nitrogen and oxygen atoms in total. The predicted octanol–water partition coefficient (Wildman–Crippen LogP) is 3.39. The fourth-order valence-corrected chi connectivity index (χ4v) is 4.89. The van der Waals surface area contributed by atoms with E-state index in [9.17, 15) is 9.59 Å². The third kappa shape index (κ3) is 2.84. The number of carbonyl (C=O) groups is 1. The standard InChI is InChI=1S/C20H21N3O2S/c1-13(2)23(14-7-4-3-5-8-14)17(24)11-22-12-21-19-18(20(22)25)15-9-6-10-16(15)26-19/h3-5,7-8,12-13H,6,9-11H2,1-2H3. The summed E-state index contributed by atoms with van der Waals surface area (Å²) < 4.78 is 1.45. The molecular formula is C20H21N3O2S. The summed E-state index contributed by atoms with van der Waals surface area (Å²) in [6, 6.07) is 9.56. The van der Waals surface area contributed by atoms with Crippen LogP contribution in [-0.4, -0.2) is 21.5 Å². The van der Waals surface area contributed by atoms with Crippen molar-refractivity contribution in [1.29, 1.82) is 0 Å². The van der Waals surface area contributed by atoms with Crippen molar-refractivity contribution < 1.29 is 4.79 Å². The van der Waals surface area contributed by atoms with E-state index in [4.69, 9.17) is 0 Å². The van der Waals surface area contributed by atoms with Crippen LogP contribution in [0.3, 0.4) is 0 Å². The molecule has 0 saturated carbocycles. The van der Waals surface area contributed by atoms with Crippen LogP contribution in [0.5, 0.6) is 0 Å². The zero-order valence-electron chi connectivity index (χ0n) is 14.9. The highest BCUT2D eigenvalue weighted by Crippen LogP contribution is 2.34. The molecule has 0 bridgehead atoms. The lowest BCUT2D eigenvalue weighted by Crippen LogP contribution is -2.41. The summed E-state index contributed by atoms with van der Waals surface area (Å²) in [4.78, 5) is 34.2. The minimum Gasteiger partial charge on any atom is -0.308 e. The summed E-state index contributed by atoms with van der Waals surface area (Å²) in [5.41, 5.74) is 1.89. The molecule has 0 saturated heterocycles. The van der Waals surface area contributed by atoms with E-state index in [1.54, 1.807) is 16.2 Å². The molecule has 0 aliphatic heterocycles. The first-order valence-electron chi connectivity index (χ1n) is 8.93. The van der Waals surface area contributed by atoms with E-state index in [0.717, 1.165) is 35.3 Å². The number of para-hydroxylation sites is 1. The lowest BCUT2D eigenvalue weighted by atomic mass is 10.2. The number of aromatic nitrogens is 2. The normalized spacial score (nSPS) is 13.3. The zero-order valence-corrected chi connectivity index (χ0v) is 15.8. The molecule has 0 atom stereocenters. The molecular weight excluding hydrogens is 346 g/mol. The molecule has 1 amide bonds. The Balaban J connectivity index is 1.69. The van der Waals surface area contributed by atoms with E-state index in [1.807, 2.05) is 44.2 Å². The van der Waals surface area contributed by atoms with Gasteiger partial charge in [0.25, 0.3) is 5.56 Å². The van der Waals surface area contributed by atoms with Crippen LogP contribution in [0.2, 0.25) is 0 Å². The lowest BCUT2D eigenvalue weighted by Gasteiger charge is -2.27. The van der Waals surface area contributed by atoms with Crippen LogP contribution in [0.4, 0.5) is 5.69 Å². The Morgan fingerprint density at radius 1 is 1.27 bits per heavy atom. The molecule has 1 aliphatic carbocycles. The van der Waals surface area contributed by atoms with E-state index in [1.165, 1.54) is 15.8 Å². The summed E-state index contributed by atoms with van der Waals surface area (Å²) in [7, 11) is 0. The zero-order chi connectivity index (χ0) is 18.3. The van der Waals surface area contributed by atoms with Crippen molar-refractivity contribution in [1.82, 2.24) is 9.55 Å². The molecule has 0 spiro atoms. The second kappa shape index (κ2) is 6.68. The van der Waals surface area contributed by atoms with E-state index in [0.29, 0.717) is 5.39 Å². The summed E-state index contributed by atoms with van der Waals surface area (Å²) in [5.74, 6) is -0.110. The Kier molecular flexibility index (Phi) is 4.36. The Morgan fingerprint density at radius 2 is 2.04 bits per heavy atom. The van der Waals surface area contributed by atoms with Crippen molar-refractivity contribution in [3.8, 4) is 0 Å². The maximum atomic E-state index is 13.0. The van der Waals surface area contributed by atoms with Gasteiger partial charge in [0.2, 0.25) is 5.91 Å². The third-order valence-corrected chi connectivity index (χ3v) is 6.02. The van der Waals surface area contributed by atoms with Crippen molar-refractivity contribution in [2.75, 3.05) is 4.90 Å². The monoisotopic (exact) mass is 367 g/mol. The number of carbonyl (C=O) groups excluding carboxylic acids is 1. The number of nitrogens with zero attached hydrogens (tertiary/aromatic N) is 3. The number of anilines is 1. The summed E-state index contributed by atoms with van der Waals surface area (Å²) in [6.07, 6.45) is 4.58. The van der Waals surface area contributed by atoms with Gasteiger partial charge in [-0.15, -0.1) is 11.3 Å². The highest BCUT2D eigenvalue weighted by molar-refractivity contribution is 7.18. The topological polar surface area (TPSA) is 55.2 Å². The van der Waals surface area contributed by atoms with Crippen molar-refractivity contribution in [3.63, 3.8) is 0 Å². The molecule has 2 heterocycles. The van der Waals surface area contributed by atoms with Gasteiger partial charge in [0.1, 0.15) is 11.4 Å². The molecule has 0 unspecified atom stereocenters. The highest BCUT2D eigenvalue weighted by Gasteiger charge is 2.23. The predicted molar refractivity (Wildman–Crippen MR) is 105 cm³/mol. The molecule has 4 rings (SSSR count). The van der Waals surface area contributed by atoms with Gasteiger partial charge < -0.3 is 4.90 Å². The first kappa shape index (κ1) is 17.0. The van der Waals surface area contributed by atoms with E-state index in [-0.39, 0.29) is 24.1 Å². The number of fused-ring (bicyclic) bond motifs is 3. The van der Waals surface area contributed by atoms with Crippen molar-refractivity contribution >= 4 is 33.1 Å². The van der Waals surface area contributed by atoms with E-state index in [2.05, 4.69) is 4.98 Å². The van der Waals surface area contributed by atoms with Gasteiger partial charge in [0, 0.05) is 16.6 Å². The minimum atomic E-state index is -0.110. The quantitative estimate of drug-likeness (QED) is 0.710. The molecule has 134 valence electrons. The highest BCUT2D eigenvalue weighted by atomic mass is 32.1. The molecule has 1 aliphatic rings. The summed E-state index contributed by atoms with van der Waals surface area (Å²) in [5, 5.41) is 0.716. The number of aryl methyl sites for hydroxylation is 2. The third-order valence-electron chi connectivity index (χ3n) is 4.82. The van der Waals surface area contributed by atoms with Crippen LogP contribution in [0.25, 0.3) is 10.2 Å². The molecule has 0 N–H and O–H groups in total. The van der Waals surface area contributed by atoms with Crippen molar-refractivity contribution in [2.24, 2.45) is 0 Å². The van der Waals surface area contributed by atoms with Gasteiger partial charge in [-0.05, 0) is 50.8 Å². The minimum absolute atomic E-state index is 0.000528. The molecule has 2 aromatic heterocycles. The smallest absolute Gasteiger partial charge is 0.262 e. The number of thiophene rings is 1. The number of benzene rings is 1. The second-order valence-electron chi connectivity index (χ2n) is 6.91. The molecule has 0 radical (unpaired) electrons. The van der Waals surface area contributed by atoms with Gasteiger partial charge in [-0.3, -0.25) is 14.2 Å². The average Bonchev–Trinajstić information content (AvgIpc) is 3.19. The number of hydrogen-bond acceptors (Lipinski definition) is 4. The fourth-order valence-electron chi connectivity index (χ4n) is 3.67. The first-order valence-corrected chi connectivity index (χ1v) is 9.74. The van der Waals surface area contributed by atoms with Crippen molar-refractivity contribution in [2.45, 2.75) is 45.7 Å². The van der Waals surface area contributed by atoms with Gasteiger partial charge in [-0.1, -0.05) is 18.2 Å². The molecule has 0 fully saturated rings. The van der Waals surface area contributed by atoms with Gasteiger partial charge >= 0.3 is 0 Å². The number of amides is 1. The Hall–Kier alpha value is -2.47. The summed E-state index contributed by atoms with van der Waals surface area (Å²) >= 11 is 1.62. The second-order valence-corrected chi connectivity index (χ2v) is 7.99. The van der Waals surface area contributed by atoms with Crippen LogP contribution in [0.15, 0.2) is 41.5 Å². The number of rotatable bonds is 4. The maximum absolute atomic E-state index is 13.0.